The molecule has 0 bridgehead atoms. The first-order valence-electron chi connectivity index (χ1n) is 4.20. The van der Waals surface area contributed by atoms with Crippen molar-refractivity contribution in [2.45, 2.75) is 19.4 Å². The van der Waals surface area contributed by atoms with E-state index in [1.54, 1.807) is 0 Å². The van der Waals surface area contributed by atoms with Crippen molar-refractivity contribution in [2.75, 3.05) is 13.1 Å². The lowest BCUT2D eigenvalue weighted by Crippen LogP contribution is -2.32. The van der Waals surface area contributed by atoms with E-state index in [4.69, 9.17) is 16.3 Å². The Morgan fingerprint density at radius 1 is 1.62 bits per heavy atom. The molecule has 1 atom stereocenters. The number of nitrogens with zero attached hydrogens (tertiary/aromatic N) is 3. The second-order valence-electron chi connectivity index (χ2n) is 3.10. The fourth-order valence-corrected chi connectivity index (χ4v) is 1.45. The Labute approximate surface area is 77.8 Å². The van der Waals surface area contributed by atoms with Crippen molar-refractivity contribution in [1.29, 1.82) is 10.5 Å². The number of nitriles is 2. The fraction of sp³-hybridized carbons (Fsp3) is 0.556. The van der Waals surface area contributed by atoms with Gasteiger partial charge in [0.25, 0.3) is 0 Å². The topological polar surface area (TPSA) is 76.8 Å². The Balaban J connectivity index is 2.61. The van der Waals surface area contributed by atoms with Crippen molar-refractivity contribution in [3.63, 3.8) is 0 Å². The van der Waals surface area contributed by atoms with Crippen molar-refractivity contribution in [1.82, 2.24) is 4.90 Å². The van der Waals surface area contributed by atoms with Crippen molar-refractivity contribution < 1.29 is 0 Å². The summed E-state index contributed by atoms with van der Waals surface area (Å²) in [4.78, 5) is 2.04. The molecule has 1 aliphatic heterocycles. The van der Waals surface area contributed by atoms with Gasteiger partial charge in [0.05, 0.1) is 17.7 Å². The summed E-state index contributed by atoms with van der Waals surface area (Å²) in [5.41, 5.74) is 7.02. The molecule has 0 spiro atoms. The van der Waals surface area contributed by atoms with E-state index in [2.05, 4.69) is 12.1 Å². The molecule has 0 amide bonds. The molecule has 68 valence electrons. The van der Waals surface area contributed by atoms with Gasteiger partial charge in [-0.1, -0.05) is 0 Å². The zero-order valence-corrected chi connectivity index (χ0v) is 7.62. The molecule has 1 rings (SSSR count). The van der Waals surface area contributed by atoms with Gasteiger partial charge in [-0.15, -0.1) is 0 Å². The standard InChI is InChI=1S/C9H12N4/c1-7-9(12)8(5-11)6-13(7)4-2-3-10/h7H,2,4,6,12H2,1H3. The Hall–Kier alpha value is -1.52. The highest BCUT2D eigenvalue weighted by molar-refractivity contribution is 5.34. The van der Waals surface area contributed by atoms with E-state index in [0.717, 1.165) is 0 Å². The summed E-state index contributed by atoms with van der Waals surface area (Å²) in [7, 11) is 0. The van der Waals surface area contributed by atoms with Gasteiger partial charge >= 0.3 is 0 Å². The van der Waals surface area contributed by atoms with Crippen LogP contribution in [0.25, 0.3) is 0 Å². The van der Waals surface area contributed by atoms with Gasteiger partial charge in [0, 0.05) is 31.2 Å². The van der Waals surface area contributed by atoms with Crippen LogP contribution in [0.5, 0.6) is 0 Å². The van der Waals surface area contributed by atoms with Crippen LogP contribution in [0.4, 0.5) is 0 Å². The molecule has 0 aromatic rings. The van der Waals surface area contributed by atoms with E-state index < -0.39 is 0 Å². The largest absolute Gasteiger partial charge is 0.400 e. The van der Waals surface area contributed by atoms with Gasteiger partial charge in [-0.2, -0.15) is 10.5 Å². The van der Waals surface area contributed by atoms with Crippen LogP contribution in [0.2, 0.25) is 0 Å². The third-order valence-electron chi connectivity index (χ3n) is 2.35. The van der Waals surface area contributed by atoms with Gasteiger partial charge in [-0.25, -0.2) is 0 Å². The molecule has 0 aromatic carbocycles. The van der Waals surface area contributed by atoms with E-state index in [-0.39, 0.29) is 6.04 Å². The third kappa shape index (κ3) is 1.80. The monoisotopic (exact) mass is 176 g/mol. The summed E-state index contributed by atoms with van der Waals surface area (Å²) >= 11 is 0. The van der Waals surface area contributed by atoms with Gasteiger partial charge in [0.15, 0.2) is 0 Å². The molecular formula is C9H12N4. The molecule has 1 unspecified atom stereocenters. The zero-order valence-electron chi connectivity index (χ0n) is 7.62. The molecule has 0 aromatic heterocycles. The molecule has 2 N–H and O–H groups in total. The molecule has 0 fully saturated rings. The second-order valence-corrected chi connectivity index (χ2v) is 3.10. The first kappa shape index (κ1) is 9.57. The highest BCUT2D eigenvalue weighted by Gasteiger charge is 2.26. The zero-order chi connectivity index (χ0) is 9.84. The minimum Gasteiger partial charge on any atom is -0.400 e. The lowest BCUT2D eigenvalue weighted by atomic mass is 10.2. The normalized spacial score (nSPS) is 22.8. The summed E-state index contributed by atoms with van der Waals surface area (Å²) in [5.74, 6) is 0. The van der Waals surface area contributed by atoms with Crippen LogP contribution in [0, 0.1) is 22.7 Å². The summed E-state index contributed by atoms with van der Waals surface area (Å²) in [5, 5.41) is 17.1. The van der Waals surface area contributed by atoms with Crippen LogP contribution in [0.3, 0.4) is 0 Å². The van der Waals surface area contributed by atoms with Gasteiger partial charge in [-0.3, -0.25) is 4.90 Å². The Bertz CT molecular complexity index is 305. The molecule has 13 heavy (non-hydrogen) atoms. The lowest BCUT2D eigenvalue weighted by molar-refractivity contribution is 0.283. The quantitative estimate of drug-likeness (QED) is 0.658. The first-order valence-corrected chi connectivity index (χ1v) is 4.20. The van der Waals surface area contributed by atoms with Gasteiger partial charge in [0.1, 0.15) is 0 Å². The minimum absolute atomic E-state index is 0.1000. The van der Waals surface area contributed by atoms with Crippen LogP contribution >= 0.6 is 0 Å². The SMILES string of the molecule is CC1C(N)=C(C#N)CN1CCC#N. The van der Waals surface area contributed by atoms with Crippen LogP contribution in [-0.4, -0.2) is 24.0 Å². The Morgan fingerprint density at radius 3 is 2.77 bits per heavy atom. The average Bonchev–Trinajstić information content (AvgIpc) is 2.41. The number of hydrogen-bond acceptors (Lipinski definition) is 4. The third-order valence-corrected chi connectivity index (χ3v) is 2.35. The molecule has 1 aliphatic rings. The average molecular weight is 176 g/mol. The van der Waals surface area contributed by atoms with Crippen molar-refractivity contribution in [2.24, 2.45) is 5.73 Å². The molecule has 0 radical (unpaired) electrons. The Morgan fingerprint density at radius 2 is 2.31 bits per heavy atom. The molecule has 0 saturated carbocycles. The summed E-state index contributed by atoms with van der Waals surface area (Å²) < 4.78 is 0. The van der Waals surface area contributed by atoms with Crippen LogP contribution < -0.4 is 5.73 Å². The van der Waals surface area contributed by atoms with Gasteiger partial charge < -0.3 is 5.73 Å². The highest BCUT2D eigenvalue weighted by atomic mass is 15.2. The predicted molar refractivity (Wildman–Crippen MR) is 48.1 cm³/mol. The molecule has 4 heteroatoms. The summed E-state index contributed by atoms with van der Waals surface area (Å²) in [6, 6.07) is 4.26. The first-order chi connectivity index (χ1) is 6.20. The number of nitrogens with two attached hydrogens (primary N) is 1. The summed E-state index contributed by atoms with van der Waals surface area (Å²) in [6.45, 7) is 3.23. The molecular weight excluding hydrogens is 164 g/mol. The minimum atomic E-state index is 0.1000. The predicted octanol–water partition coefficient (Wildman–Crippen LogP) is 0.341. The van der Waals surface area contributed by atoms with E-state index in [0.29, 0.717) is 30.8 Å². The van der Waals surface area contributed by atoms with Crippen LogP contribution in [0.1, 0.15) is 13.3 Å². The van der Waals surface area contributed by atoms with Gasteiger partial charge in [0.2, 0.25) is 0 Å². The van der Waals surface area contributed by atoms with E-state index in [9.17, 15) is 0 Å². The smallest absolute Gasteiger partial charge is 0.0979 e. The molecule has 4 nitrogen and oxygen atoms in total. The Kier molecular flexibility index (Phi) is 2.89. The van der Waals surface area contributed by atoms with Gasteiger partial charge in [-0.05, 0) is 6.92 Å². The van der Waals surface area contributed by atoms with Crippen molar-refractivity contribution in [3.05, 3.63) is 11.3 Å². The lowest BCUT2D eigenvalue weighted by Gasteiger charge is -2.20. The maximum absolute atomic E-state index is 8.72. The van der Waals surface area contributed by atoms with E-state index in [1.807, 2.05) is 11.8 Å². The maximum Gasteiger partial charge on any atom is 0.0979 e. The van der Waals surface area contributed by atoms with Crippen molar-refractivity contribution in [3.8, 4) is 12.1 Å². The number of rotatable bonds is 2. The van der Waals surface area contributed by atoms with E-state index in [1.165, 1.54) is 0 Å². The maximum atomic E-state index is 8.72. The van der Waals surface area contributed by atoms with Crippen LogP contribution in [-0.2, 0) is 0 Å². The second kappa shape index (κ2) is 3.93. The molecule has 0 saturated heterocycles. The summed E-state index contributed by atoms with van der Waals surface area (Å²) in [6.07, 6.45) is 0.482. The fourth-order valence-electron chi connectivity index (χ4n) is 1.45. The van der Waals surface area contributed by atoms with Crippen molar-refractivity contribution >= 4 is 0 Å². The van der Waals surface area contributed by atoms with Crippen LogP contribution in [0.15, 0.2) is 11.3 Å². The molecule has 0 aliphatic carbocycles. The highest BCUT2D eigenvalue weighted by Crippen LogP contribution is 2.19. The van der Waals surface area contributed by atoms with E-state index >= 15 is 0 Å². The molecule has 1 heterocycles. The number of hydrogen-bond donors (Lipinski definition) is 1.